The first-order chi connectivity index (χ1) is 14.7. The van der Waals surface area contributed by atoms with Crippen LogP contribution >= 0.6 is 0 Å². The first-order valence-electron chi connectivity index (χ1n) is 11.9. The van der Waals surface area contributed by atoms with Crippen LogP contribution in [0.4, 0.5) is 0 Å². The van der Waals surface area contributed by atoms with Crippen LogP contribution in [0.15, 0.2) is 60.7 Å². The molecule has 0 aliphatic carbocycles. The van der Waals surface area contributed by atoms with E-state index in [1.54, 1.807) is 0 Å². The number of hydrogen-bond donors (Lipinski definition) is 0. The molecule has 4 aliphatic rings. The van der Waals surface area contributed by atoms with Crippen molar-refractivity contribution in [2.45, 2.75) is 63.2 Å². The van der Waals surface area contributed by atoms with E-state index in [-0.39, 0.29) is 0 Å². The number of hydrogen-bond acceptors (Lipinski definition) is 4. The Bertz CT molecular complexity index is 798. The Hall–Kier alpha value is -1.72. The van der Waals surface area contributed by atoms with Gasteiger partial charge in [0.25, 0.3) is 0 Å². The van der Waals surface area contributed by atoms with Crippen LogP contribution in [0.25, 0.3) is 0 Å². The van der Waals surface area contributed by atoms with Crippen LogP contribution in [-0.4, -0.2) is 70.2 Å². The summed E-state index contributed by atoms with van der Waals surface area (Å²) < 4.78 is 0. The maximum absolute atomic E-state index is 2.85. The molecule has 4 heteroatoms. The number of benzene rings is 2. The molecule has 0 radical (unpaired) electrons. The zero-order valence-electron chi connectivity index (χ0n) is 18.3. The van der Waals surface area contributed by atoms with Crippen molar-refractivity contribution < 1.29 is 0 Å². The molecule has 6 atom stereocenters. The van der Waals surface area contributed by atoms with Crippen molar-refractivity contribution >= 4 is 0 Å². The Kier molecular flexibility index (Phi) is 4.72. The largest absolute Gasteiger partial charge is 0.281 e. The van der Waals surface area contributed by atoms with Gasteiger partial charge in [0.15, 0.2) is 0 Å². The van der Waals surface area contributed by atoms with E-state index in [0.29, 0.717) is 36.5 Å². The fraction of sp³-hybridized carbons (Fsp3) is 0.538. The third-order valence-corrected chi connectivity index (χ3v) is 8.29. The highest BCUT2D eigenvalue weighted by molar-refractivity contribution is 5.24. The van der Waals surface area contributed by atoms with Crippen LogP contribution in [0.3, 0.4) is 0 Å². The summed E-state index contributed by atoms with van der Waals surface area (Å²) in [5.41, 5.74) is 3.00. The minimum absolute atomic E-state index is 0.496. The van der Waals surface area contributed by atoms with Gasteiger partial charge in [0, 0.05) is 50.3 Å². The van der Waals surface area contributed by atoms with Crippen LogP contribution in [0.5, 0.6) is 0 Å². The van der Waals surface area contributed by atoms with Crippen LogP contribution in [0.1, 0.15) is 49.9 Å². The van der Waals surface area contributed by atoms with Gasteiger partial charge in [0.2, 0.25) is 0 Å². The fourth-order valence-electron chi connectivity index (χ4n) is 6.89. The number of nitrogens with zero attached hydrogens (tertiary/aromatic N) is 4. The molecule has 0 aromatic heterocycles. The summed E-state index contributed by atoms with van der Waals surface area (Å²) >= 11 is 0. The van der Waals surface area contributed by atoms with Gasteiger partial charge in [-0.15, -0.1) is 0 Å². The SMILES string of the molecule is CC1CC(c2ccccc2)N2CCN3C(C)CC(c4ccccc4)N4CCN1[C@@H]2[C@@H]34. The summed E-state index contributed by atoms with van der Waals surface area (Å²) in [6.45, 7) is 9.65. The van der Waals surface area contributed by atoms with Gasteiger partial charge in [-0.1, -0.05) is 60.7 Å². The Morgan fingerprint density at radius 3 is 1.30 bits per heavy atom. The number of piperazine rings is 2. The van der Waals surface area contributed by atoms with E-state index in [4.69, 9.17) is 0 Å². The maximum Gasteiger partial charge on any atom is 0.0930 e. The van der Waals surface area contributed by atoms with Gasteiger partial charge in [-0.05, 0) is 37.8 Å². The predicted molar refractivity (Wildman–Crippen MR) is 121 cm³/mol. The Morgan fingerprint density at radius 1 is 0.533 bits per heavy atom. The van der Waals surface area contributed by atoms with Crippen molar-refractivity contribution in [3.05, 3.63) is 71.8 Å². The van der Waals surface area contributed by atoms with E-state index in [2.05, 4.69) is 94.1 Å². The van der Waals surface area contributed by atoms with Crippen molar-refractivity contribution in [1.82, 2.24) is 19.6 Å². The van der Waals surface area contributed by atoms with Gasteiger partial charge in [0.05, 0.1) is 12.3 Å². The molecule has 4 heterocycles. The molecule has 0 amide bonds. The maximum atomic E-state index is 2.85. The van der Waals surface area contributed by atoms with E-state index in [1.165, 1.54) is 50.1 Å². The molecule has 4 unspecified atom stereocenters. The van der Waals surface area contributed by atoms with Gasteiger partial charge >= 0.3 is 0 Å². The third kappa shape index (κ3) is 2.89. The lowest BCUT2D eigenvalue weighted by molar-refractivity contribution is -0.230. The van der Waals surface area contributed by atoms with Crippen LogP contribution < -0.4 is 0 Å². The van der Waals surface area contributed by atoms with Gasteiger partial charge in [0.1, 0.15) is 0 Å². The Morgan fingerprint density at radius 2 is 0.900 bits per heavy atom. The van der Waals surface area contributed by atoms with Crippen molar-refractivity contribution in [3.8, 4) is 0 Å². The summed E-state index contributed by atoms with van der Waals surface area (Å²) in [7, 11) is 0. The van der Waals surface area contributed by atoms with Crippen molar-refractivity contribution in [2.75, 3.05) is 26.2 Å². The quantitative estimate of drug-likeness (QED) is 0.754. The standard InChI is InChI=1S/C26H34N4/c1-19-17-23(21-9-5-3-6-10-21)29-16-14-28-20(2)18-24(22-11-7-4-8-12-22)30-15-13-27(19)25(29)26(28)30/h3-12,19-20,23-26H,13-18H2,1-2H3/t19?,20?,23?,24?,25-,26-/m0/s1. The number of rotatable bonds is 2. The average molecular weight is 403 g/mol. The molecule has 4 fully saturated rings. The Balaban J connectivity index is 1.39. The molecule has 2 aromatic rings. The second-order valence-corrected chi connectivity index (χ2v) is 9.80. The molecular weight excluding hydrogens is 368 g/mol. The van der Waals surface area contributed by atoms with Crippen LogP contribution in [0, 0.1) is 0 Å². The Labute approximate surface area is 181 Å². The lowest BCUT2D eigenvalue weighted by Crippen LogP contribution is -2.79. The molecule has 4 aliphatic heterocycles. The fourth-order valence-corrected chi connectivity index (χ4v) is 6.89. The molecule has 0 N–H and O–H groups in total. The van der Waals surface area contributed by atoms with Crippen LogP contribution in [-0.2, 0) is 0 Å². The molecule has 2 aromatic carbocycles. The highest BCUT2D eigenvalue weighted by Gasteiger charge is 2.55. The second kappa shape index (κ2) is 7.45. The van der Waals surface area contributed by atoms with E-state index < -0.39 is 0 Å². The monoisotopic (exact) mass is 402 g/mol. The van der Waals surface area contributed by atoms with Crippen molar-refractivity contribution in [3.63, 3.8) is 0 Å². The zero-order valence-corrected chi connectivity index (χ0v) is 18.3. The lowest BCUT2D eigenvalue weighted by atomic mass is 9.85. The van der Waals surface area contributed by atoms with Gasteiger partial charge in [-0.2, -0.15) is 0 Å². The molecular formula is C26H34N4. The first kappa shape index (κ1) is 19.0. The zero-order chi connectivity index (χ0) is 20.2. The van der Waals surface area contributed by atoms with Gasteiger partial charge < -0.3 is 0 Å². The first-order valence-corrected chi connectivity index (χ1v) is 11.9. The highest BCUT2D eigenvalue weighted by atomic mass is 15.6. The molecule has 4 nitrogen and oxygen atoms in total. The predicted octanol–water partition coefficient (Wildman–Crippen LogP) is 3.94. The molecule has 158 valence electrons. The molecule has 4 saturated heterocycles. The minimum Gasteiger partial charge on any atom is -0.281 e. The topological polar surface area (TPSA) is 13.0 Å². The highest BCUT2D eigenvalue weighted by Crippen LogP contribution is 2.47. The third-order valence-electron chi connectivity index (χ3n) is 8.29. The van der Waals surface area contributed by atoms with E-state index in [0.717, 1.165) is 0 Å². The molecule has 0 saturated carbocycles. The van der Waals surface area contributed by atoms with Crippen molar-refractivity contribution in [2.24, 2.45) is 0 Å². The molecule has 30 heavy (non-hydrogen) atoms. The minimum atomic E-state index is 0.496. The average Bonchev–Trinajstić information content (AvgIpc) is 2.80. The summed E-state index contributed by atoms with van der Waals surface area (Å²) in [5, 5.41) is 0. The molecule has 6 rings (SSSR count). The van der Waals surface area contributed by atoms with E-state index >= 15 is 0 Å². The van der Waals surface area contributed by atoms with E-state index in [9.17, 15) is 0 Å². The smallest absolute Gasteiger partial charge is 0.0930 e. The van der Waals surface area contributed by atoms with Crippen LogP contribution in [0.2, 0.25) is 0 Å². The second-order valence-electron chi connectivity index (χ2n) is 9.80. The normalized spacial score (nSPS) is 37.7. The van der Waals surface area contributed by atoms with Crippen molar-refractivity contribution in [1.29, 1.82) is 0 Å². The summed E-state index contributed by atoms with van der Waals surface area (Å²) in [4.78, 5) is 11.4. The summed E-state index contributed by atoms with van der Waals surface area (Å²) in [6.07, 6.45) is 3.47. The molecule has 0 bridgehead atoms. The molecule has 0 spiro atoms. The van der Waals surface area contributed by atoms with Gasteiger partial charge in [-0.25, -0.2) is 0 Å². The summed E-state index contributed by atoms with van der Waals surface area (Å²) in [6, 6.07) is 24.9. The van der Waals surface area contributed by atoms with E-state index in [1.807, 2.05) is 0 Å². The van der Waals surface area contributed by atoms with Gasteiger partial charge in [-0.3, -0.25) is 19.6 Å². The summed E-state index contributed by atoms with van der Waals surface area (Å²) in [5.74, 6) is 0. The lowest BCUT2D eigenvalue weighted by Gasteiger charge is -2.67.